The molecule has 0 aromatic heterocycles. The second-order valence-electron chi connectivity index (χ2n) is 5.75. The number of carbonyl (C=O) groups is 1. The standard InChI is InChI=1S/C14H27N3O/c15-9-4-10-17(13-5-2-1-3-6-13)11-14(18)16-12-7-8-12/h12-13H,1-11,15H2,(H,16,18). The summed E-state index contributed by atoms with van der Waals surface area (Å²) in [7, 11) is 0. The van der Waals surface area contributed by atoms with E-state index < -0.39 is 0 Å². The molecule has 0 atom stereocenters. The van der Waals surface area contributed by atoms with Crippen LogP contribution in [0.4, 0.5) is 0 Å². The Bertz CT molecular complexity index is 260. The molecule has 18 heavy (non-hydrogen) atoms. The van der Waals surface area contributed by atoms with Crippen LogP contribution in [0.5, 0.6) is 0 Å². The highest BCUT2D eigenvalue weighted by molar-refractivity contribution is 5.78. The first kappa shape index (κ1) is 13.8. The van der Waals surface area contributed by atoms with Gasteiger partial charge in [-0.1, -0.05) is 19.3 Å². The lowest BCUT2D eigenvalue weighted by atomic mass is 9.94. The van der Waals surface area contributed by atoms with E-state index in [0.29, 0.717) is 25.2 Å². The number of nitrogens with one attached hydrogen (secondary N) is 1. The van der Waals surface area contributed by atoms with E-state index in [9.17, 15) is 4.79 Å². The van der Waals surface area contributed by atoms with E-state index in [0.717, 1.165) is 25.8 Å². The van der Waals surface area contributed by atoms with Crippen molar-refractivity contribution >= 4 is 5.91 Å². The molecule has 0 aliphatic heterocycles. The molecule has 0 bridgehead atoms. The molecule has 1 amide bonds. The van der Waals surface area contributed by atoms with Gasteiger partial charge in [-0.15, -0.1) is 0 Å². The van der Waals surface area contributed by atoms with Gasteiger partial charge in [0.1, 0.15) is 0 Å². The van der Waals surface area contributed by atoms with E-state index in [4.69, 9.17) is 5.73 Å². The van der Waals surface area contributed by atoms with Crippen LogP contribution in [0, 0.1) is 0 Å². The van der Waals surface area contributed by atoms with Crippen LogP contribution in [0.15, 0.2) is 0 Å². The first-order valence-electron chi connectivity index (χ1n) is 7.53. The second kappa shape index (κ2) is 7.10. The predicted octanol–water partition coefficient (Wildman–Crippen LogP) is 1.25. The average Bonchev–Trinajstić information content (AvgIpc) is 3.19. The molecule has 0 saturated heterocycles. The topological polar surface area (TPSA) is 58.4 Å². The Labute approximate surface area is 110 Å². The number of nitrogens with zero attached hydrogens (tertiary/aromatic N) is 1. The minimum absolute atomic E-state index is 0.208. The molecule has 0 unspecified atom stereocenters. The molecule has 0 radical (unpaired) electrons. The molecule has 2 saturated carbocycles. The van der Waals surface area contributed by atoms with Crippen molar-refractivity contribution in [2.45, 2.75) is 63.5 Å². The van der Waals surface area contributed by atoms with Gasteiger partial charge >= 0.3 is 0 Å². The molecule has 2 rings (SSSR count). The molecule has 3 N–H and O–H groups in total. The first-order chi connectivity index (χ1) is 8.79. The molecule has 0 aromatic carbocycles. The summed E-state index contributed by atoms with van der Waals surface area (Å²) in [6, 6.07) is 1.08. The molecule has 4 heteroatoms. The van der Waals surface area contributed by atoms with Crippen LogP contribution in [-0.4, -0.2) is 42.5 Å². The largest absolute Gasteiger partial charge is 0.352 e. The number of rotatable bonds is 7. The summed E-state index contributed by atoms with van der Waals surface area (Å²) in [6.45, 7) is 2.26. The van der Waals surface area contributed by atoms with Crippen molar-refractivity contribution in [3.63, 3.8) is 0 Å². The van der Waals surface area contributed by atoms with E-state index in [-0.39, 0.29) is 5.91 Å². The quantitative estimate of drug-likeness (QED) is 0.718. The van der Waals surface area contributed by atoms with Gasteiger partial charge in [-0.2, -0.15) is 0 Å². The van der Waals surface area contributed by atoms with Gasteiger partial charge in [0.25, 0.3) is 0 Å². The molecular formula is C14H27N3O. The van der Waals surface area contributed by atoms with Gasteiger partial charge in [0.2, 0.25) is 5.91 Å². The number of carbonyl (C=O) groups excluding carboxylic acids is 1. The summed E-state index contributed by atoms with van der Waals surface area (Å²) in [6.07, 6.45) is 9.81. The van der Waals surface area contributed by atoms with Crippen molar-refractivity contribution in [1.82, 2.24) is 10.2 Å². The van der Waals surface area contributed by atoms with Gasteiger partial charge in [0.05, 0.1) is 6.54 Å². The highest BCUT2D eigenvalue weighted by Crippen LogP contribution is 2.23. The van der Waals surface area contributed by atoms with Gasteiger partial charge in [0.15, 0.2) is 0 Å². The zero-order valence-corrected chi connectivity index (χ0v) is 11.4. The van der Waals surface area contributed by atoms with Gasteiger partial charge in [-0.25, -0.2) is 0 Å². The van der Waals surface area contributed by atoms with Gasteiger partial charge in [0, 0.05) is 18.6 Å². The molecule has 2 fully saturated rings. The maximum Gasteiger partial charge on any atom is 0.234 e. The zero-order valence-electron chi connectivity index (χ0n) is 11.4. The Morgan fingerprint density at radius 2 is 1.89 bits per heavy atom. The summed E-state index contributed by atoms with van der Waals surface area (Å²) in [5.74, 6) is 0.208. The van der Waals surface area contributed by atoms with Crippen molar-refractivity contribution in [1.29, 1.82) is 0 Å². The van der Waals surface area contributed by atoms with Gasteiger partial charge < -0.3 is 11.1 Å². The fraction of sp³-hybridized carbons (Fsp3) is 0.929. The van der Waals surface area contributed by atoms with Crippen molar-refractivity contribution in [3.8, 4) is 0 Å². The number of hydrogen-bond acceptors (Lipinski definition) is 3. The van der Waals surface area contributed by atoms with E-state index in [2.05, 4.69) is 10.2 Å². The van der Waals surface area contributed by atoms with Crippen LogP contribution >= 0.6 is 0 Å². The summed E-state index contributed by atoms with van der Waals surface area (Å²) in [4.78, 5) is 14.3. The van der Waals surface area contributed by atoms with Crippen LogP contribution in [0.25, 0.3) is 0 Å². The molecular weight excluding hydrogens is 226 g/mol. The third kappa shape index (κ3) is 4.58. The SMILES string of the molecule is NCCCN(CC(=O)NC1CC1)C1CCCCC1. The van der Waals surface area contributed by atoms with Crippen LogP contribution in [0.3, 0.4) is 0 Å². The average molecular weight is 253 g/mol. The third-order valence-electron chi connectivity index (χ3n) is 4.03. The van der Waals surface area contributed by atoms with Crippen LogP contribution in [0.1, 0.15) is 51.4 Å². The number of hydrogen-bond donors (Lipinski definition) is 2. The maximum absolute atomic E-state index is 11.9. The predicted molar refractivity (Wildman–Crippen MR) is 73.3 cm³/mol. The number of nitrogens with two attached hydrogens (primary N) is 1. The minimum Gasteiger partial charge on any atom is -0.352 e. The van der Waals surface area contributed by atoms with Crippen molar-refractivity contribution in [3.05, 3.63) is 0 Å². The lowest BCUT2D eigenvalue weighted by Gasteiger charge is -2.33. The van der Waals surface area contributed by atoms with E-state index >= 15 is 0 Å². The van der Waals surface area contributed by atoms with Gasteiger partial charge in [-0.05, 0) is 38.6 Å². The second-order valence-corrected chi connectivity index (χ2v) is 5.75. The summed E-state index contributed by atoms with van der Waals surface area (Å²) < 4.78 is 0. The molecule has 2 aliphatic rings. The lowest BCUT2D eigenvalue weighted by molar-refractivity contribution is -0.123. The Balaban J connectivity index is 1.79. The highest BCUT2D eigenvalue weighted by atomic mass is 16.2. The summed E-state index contributed by atoms with van der Waals surface area (Å²) >= 11 is 0. The van der Waals surface area contributed by atoms with Crippen LogP contribution in [0.2, 0.25) is 0 Å². The first-order valence-corrected chi connectivity index (χ1v) is 7.53. The van der Waals surface area contributed by atoms with Crippen molar-refractivity contribution in [2.24, 2.45) is 5.73 Å². The Morgan fingerprint density at radius 1 is 1.17 bits per heavy atom. The summed E-state index contributed by atoms with van der Waals surface area (Å²) in [5, 5.41) is 3.09. The van der Waals surface area contributed by atoms with E-state index in [1.807, 2.05) is 0 Å². The lowest BCUT2D eigenvalue weighted by Crippen LogP contribution is -2.45. The van der Waals surface area contributed by atoms with Crippen LogP contribution in [-0.2, 0) is 4.79 Å². The Hall–Kier alpha value is -0.610. The van der Waals surface area contributed by atoms with Crippen molar-refractivity contribution < 1.29 is 4.79 Å². The fourth-order valence-corrected chi connectivity index (χ4v) is 2.82. The molecule has 0 aromatic rings. The van der Waals surface area contributed by atoms with E-state index in [1.54, 1.807) is 0 Å². The Kier molecular flexibility index (Phi) is 5.45. The molecule has 0 spiro atoms. The molecule has 0 heterocycles. The highest BCUT2D eigenvalue weighted by Gasteiger charge is 2.26. The minimum atomic E-state index is 0.208. The van der Waals surface area contributed by atoms with Gasteiger partial charge in [-0.3, -0.25) is 9.69 Å². The van der Waals surface area contributed by atoms with Crippen molar-refractivity contribution in [2.75, 3.05) is 19.6 Å². The summed E-state index contributed by atoms with van der Waals surface area (Å²) in [5.41, 5.74) is 5.60. The molecule has 104 valence electrons. The van der Waals surface area contributed by atoms with E-state index in [1.165, 1.54) is 32.1 Å². The smallest absolute Gasteiger partial charge is 0.234 e. The maximum atomic E-state index is 11.9. The monoisotopic (exact) mass is 253 g/mol. The molecule has 2 aliphatic carbocycles. The third-order valence-corrected chi connectivity index (χ3v) is 4.03. The number of amides is 1. The molecule has 4 nitrogen and oxygen atoms in total. The fourth-order valence-electron chi connectivity index (χ4n) is 2.82. The Morgan fingerprint density at radius 3 is 2.50 bits per heavy atom. The van der Waals surface area contributed by atoms with Crippen LogP contribution < -0.4 is 11.1 Å². The zero-order chi connectivity index (χ0) is 12.8. The normalized spacial score (nSPS) is 21.2.